The van der Waals surface area contributed by atoms with Crippen molar-refractivity contribution in [3.05, 3.63) is 42.4 Å². The van der Waals surface area contributed by atoms with Crippen LogP contribution in [0, 0.1) is 0 Å². The second kappa shape index (κ2) is 5.97. The Morgan fingerprint density at radius 3 is 2.83 bits per heavy atom. The molecule has 0 fully saturated rings. The first kappa shape index (κ1) is 12.3. The average Bonchev–Trinajstić information content (AvgIpc) is 2.84. The van der Waals surface area contributed by atoms with E-state index in [9.17, 15) is 4.79 Å². The van der Waals surface area contributed by atoms with Gasteiger partial charge in [0.15, 0.2) is 5.76 Å². The molecule has 2 N–H and O–H groups in total. The van der Waals surface area contributed by atoms with E-state index in [1.54, 1.807) is 6.20 Å². The van der Waals surface area contributed by atoms with Gasteiger partial charge in [-0.2, -0.15) is 0 Å². The molecule has 0 saturated carbocycles. The van der Waals surface area contributed by atoms with E-state index in [0.29, 0.717) is 24.7 Å². The van der Waals surface area contributed by atoms with E-state index in [0.717, 1.165) is 5.56 Å². The molecule has 0 unspecified atom stereocenters. The smallest absolute Gasteiger partial charge is 0.304 e. The number of benzene rings is 1. The van der Waals surface area contributed by atoms with Crippen LogP contribution in [-0.2, 0) is 11.3 Å². The largest absolute Gasteiger partial charge is 0.481 e. The molecule has 2 rings (SSSR count). The maximum atomic E-state index is 10.3. The summed E-state index contributed by atoms with van der Waals surface area (Å²) < 4.78 is 5.56. The fraction of sp³-hybridized carbons (Fsp3) is 0.231. The summed E-state index contributed by atoms with van der Waals surface area (Å²) in [6, 6.07) is 9.70. The van der Waals surface area contributed by atoms with Gasteiger partial charge in [-0.05, 0) is 0 Å². The summed E-state index contributed by atoms with van der Waals surface area (Å²) in [5.41, 5.74) is 0.974. The van der Waals surface area contributed by atoms with Crippen LogP contribution in [0.3, 0.4) is 0 Å². The molecule has 0 aliphatic carbocycles. The lowest BCUT2D eigenvalue weighted by Gasteiger charge is -1.98. The predicted octanol–water partition coefficient (Wildman–Crippen LogP) is 1.91. The number of aliphatic carboxylic acids is 1. The van der Waals surface area contributed by atoms with Crippen molar-refractivity contribution in [2.75, 3.05) is 6.54 Å². The van der Waals surface area contributed by atoms with Crippen LogP contribution in [0.4, 0.5) is 0 Å². The molecule has 0 amide bonds. The zero-order valence-electron chi connectivity index (χ0n) is 9.80. The number of hydrogen-bond donors (Lipinski definition) is 2. The molecule has 1 heterocycles. The van der Waals surface area contributed by atoms with Crippen LogP contribution in [0.25, 0.3) is 11.3 Å². The zero-order valence-corrected chi connectivity index (χ0v) is 9.80. The number of hydrogen-bond acceptors (Lipinski definition) is 4. The Kier molecular flexibility index (Phi) is 4.09. The third kappa shape index (κ3) is 3.43. The van der Waals surface area contributed by atoms with E-state index < -0.39 is 5.97 Å². The Hall–Kier alpha value is -2.14. The molecule has 0 saturated heterocycles. The van der Waals surface area contributed by atoms with Crippen LogP contribution >= 0.6 is 0 Å². The maximum Gasteiger partial charge on any atom is 0.304 e. The first-order chi connectivity index (χ1) is 8.75. The highest BCUT2D eigenvalue weighted by Gasteiger charge is 2.05. The van der Waals surface area contributed by atoms with Gasteiger partial charge in [-0.3, -0.25) is 4.79 Å². The molecule has 0 bridgehead atoms. The highest BCUT2D eigenvalue weighted by molar-refractivity contribution is 5.66. The van der Waals surface area contributed by atoms with Gasteiger partial charge < -0.3 is 14.8 Å². The summed E-state index contributed by atoms with van der Waals surface area (Å²) in [6.07, 6.45) is 1.76. The molecule has 94 valence electrons. The molecule has 0 aliphatic heterocycles. The van der Waals surface area contributed by atoms with E-state index in [1.807, 2.05) is 30.3 Å². The summed E-state index contributed by atoms with van der Waals surface area (Å²) in [6.45, 7) is 0.832. The van der Waals surface area contributed by atoms with Crippen LogP contribution < -0.4 is 5.32 Å². The molecule has 0 aliphatic rings. The molecule has 0 radical (unpaired) electrons. The number of carboxylic acid groups (broad SMARTS) is 1. The third-order valence-corrected chi connectivity index (χ3v) is 2.40. The standard InChI is InChI=1S/C13H14N2O3/c16-13(17)6-7-14-9-12-15-8-11(18-12)10-4-2-1-3-5-10/h1-5,8,14H,6-7,9H2,(H,16,17). The van der Waals surface area contributed by atoms with Gasteiger partial charge in [0, 0.05) is 12.1 Å². The van der Waals surface area contributed by atoms with Crippen molar-refractivity contribution in [2.45, 2.75) is 13.0 Å². The molecule has 0 atom stereocenters. The first-order valence-electron chi connectivity index (χ1n) is 5.68. The van der Waals surface area contributed by atoms with Crippen molar-refractivity contribution in [2.24, 2.45) is 0 Å². The van der Waals surface area contributed by atoms with Gasteiger partial charge in [0.2, 0.25) is 5.89 Å². The minimum absolute atomic E-state index is 0.0895. The minimum Gasteiger partial charge on any atom is -0.481 e. The normalized spacial score (nSPS) is 10.4. The lowest BCUT2D eigenvalue weighted by molar-refractivity contribution is -0.136. The fourth-order valence-electron chi connectivity index (χ4n) is 1.52. The van der Waals surface area contributed by atoms with Crippen LogP contribution in [0.1, 0.15) is 12.3 Å². The van der Waals surface area contributed by atoms with E-state index in [2.05, 4.69) is 10.3 Å². The molecule has 2 aromatic rings. The van der Waals surface area contributed by atoms with E-state index in [4.69, 9.17) is 9.52 Å². The Morgan fingerprint density at radius 1 is 1.33 bits per heavy atom. The van der Waals surface area contributed by atoms with Crippen LogP contribution in [0.2, 0.25) is 0 Å². The topological polar surface area (TPSA) is 75.4 Å². The number of rotatable bonds is 6. The number of oxazole rings is 1. The predicted molar refractivity (Wildman–Crippen MR) is 65.9 cm³/mol. The number of carbonyl (C=O) groups is 1. The molecule has 0 spiro atoms. The molecule has 18 heavy (non-hydrogen) atoms. The number of nitrogens with zero attached hydrogens (tertiary/aromatic N) is 1. The van der Waals surface area contributed by atoms with Crippen LogP contribution in [0.15, 0.2) is 40.9 Å². The van der Waals surface area contributed by atoms with Crippen molar-refractivity contribution in [1.82, 2.24) is 10.3 Å². The van der Waals surface area contributed by atoms with Crippen molar-refractivity contribution in [3.63, 3.8) is 0 Å². The summed E-state index contributed by atoms with van der Waals surface area (Å²) in [7, 11) is 0. The number of nitrogens with one attached hydrogen (secondary N) is 1. The van der Waals surface area contributed by atoms with Gasteiger partial charge in [0.25, 0.3) is 0 Å². The van der Waals surface area contributed by atoms with Gasteiger partial charge in [-0.1, -0.05) is 30.3 Å². The second-order valence-electron chi connectivity index (χ2n) is 3.80. The molecular formula is C13H14N2O3. The number of aromatic nitrogens is 1. The summed E-state index contributed by atoms with van der Waals surface area (Å²) in [4.78, 5) is 14.5. The summed E-state index contributed by atoms with van der Waals surface area (Å²) >= 11 is 0. The quantitative estimate of drug-likeness (QED) is 0.761. The van der Waals surface area contributed by atoms with Crippen molar-refractivity contribution >= 4 is 5.97 Å². The average molecular weight is 246 g/mol. The van der Waals surface area contributed by atoms with Gasteiger partial charge in [0.1, 0.15) is 0 Å². The van der Waals surface area contributed by atoms with Crippen molar-refractivity contribution in [3.8, 4) is 11.3 Å². The SMILES string of the molecule is O=C(O)CCNCc1ncc(-c2ccccc2)o1. The van der Waals surface area contributed by atoms with Gasteiger partial charge in [0.05, 0.1) is 19.2 Å². The van der Waals surface area contributed by atoms with Gasteiger partial charge >= 0.3 is 5.97 Å². The number of carboxylic acids is 1. The van der Waals surface area contributed by atoms with E-state index in [-0.39, 0.29) is 6.42 Å². The highest BCUT2D eigenvalue weighted by Crippen LogP contribution is 2.19. The third-order valence-electron chi connectivity index (χ3n) is 2.40. The van der Waals surface area contributed by atoms with Crippen LogP contribution in [-0.4, -0.2) is 22.6 Å². The lowest BCUT2D eigenvalue weighted by Crippen LogP contribution is -2.17. The van der Waals surface area contributed by atoms with Gasteiger partial charge in [-0.15, -0.1) is 0 Å². The Labute approximate surface area is 104 Å². The Balaban J connectivity index is 1.89. The summed E-state index contributed by atoms with van der Waals surface area (Å²) in [5, 5.41) is 11.4. The minimum atomic E-state index is -0.820. The zero-order chi connectivity index (χ0) is 12.8. The highest BCUT2D eigenvalue weighted by atomic mass is 16.4. The van der Waals surface area contributed by atoms with Crippen molar-refractivity contribution in [1.29, 1.82) is 0 Å². The van der Waals surface area contributed by atoms with E-state index in [1.165, 1.54) is 0 Å². The Morgan fingerprint density at radius 2 is 2.11 bits per heavy atom. The molecule has 1 aromatic heterocycles. The van der Waals surface area contributed by atoms with Crippen molar-refractivity contribution < 1.29 is 14.3 Å². The monoisotopic (exact) mass is 246 g/mol. The second-order valence-corrected chi connectivity index (χ2v) is 3.80. The van der Waals surface area contributed by atoms with Gasteiger partial charge in [-0.25, -0.2) is 4.98 Å². The fourth-order valence-corrected chi connectivity index (χ4v) is 1.52. The molecule has 5 nitrogen and oxygen atoms in total. The molecular weight excluding hydrogens is 232 g/mol. The molecule has 5 heteroatoms. The summed E-state index contributed by atoms with van der Waals surface area (Å²) in [5.74, 6) is 0.449. The first-order valence-corrected chi connectivity index (χ1v) is 5.68. The maximum absolute atomic E-state index is 10.3. The lowest BCUT2D eigenvalue weighted by atomic mass is 10.2. The van der Waals surface area contributed by atoms with E-state index >= 15 is 0 Å². The molecule has 1 aromatic carbocycles. The Bertz CT molecular complexity index is 508. The van der Waals surface area contributed by atoms with Crippen LogP contribution in [0.5, 0.6) is 0 Å².